The number of aromatic nitrogens is 3. The normalized spacial score (nSPS) is 11.0. The molecule has 0 N–H and O–H groups in total. The van der Waals surface area contributed by atoms with E-state index >= 15 is 0 Å². The number of hydrogen-bond acceptors (Lipinski definition) is 4. The van der Waals surface area contributed by atoms with Gasteiger partial charge in [0.25, 0.3) is 0 Å². The highest BCUT2D eigenvalue weighted by Crippen LogP contribution is 2.28. The molecule has 2 rings (SSSR count). The van der Waals surface area contributed by atoms with Crippen LogP contribution in [0.25, 0.3) is 11.0 Å². The van der Waals surface area contributed by atoms with Crippen molar-refractivity contribution in [1.82, 2.24) is 14.8 Å². The van der Waals surface area contributed by atoms with Crippen molar-refractivity contribution in [2.24, 2.45) is 0 Å². The monoisotopic (exact) mass is 295 g/mol. The Morgan fingerprint density at radius 1 is 1.45 bits per heavy atom. The van der Waals surface area contributed by atoms with E-state index in [1.54, 1.807) is 20.0 Å². The summed E-state index contributed by atoms with van der Waals surface area (Å²) >= 11 is 6.33. The minimum absolute atomic E-state index is 0.308. The second-order valence-electron chi connectivity index (χ2n) is 4.57. The van der Waals surface area contributed by atoms with Crippen molar-refractivity contribution >= 4 is 28.6 Å². The predicted molar refractivity (Wildman–Crippen MR) is 78.1 cm³/mol. The fourth-order valence-corrected chi connectivity index (χ4v) is 2.42. The first kappa shape index (κ1) is 14.8. The van der Waals surface area contributed by atoms with Crippen molar-refractivity contribution in [2.45, 2.75) is 40.2 Å². The van der Waals surface area contributed by atoms with Crippen LogP contribution < -0.4 is 0 Å². The van der Waals surface area contributed by atoms with E-state index in [1.165, 1.54) is 0 Å². The van der Waals surface area contributed by atoms with E-state index < -0.39 is 5.97 Å². The Bertz CT molecular complexity index is 637. The van der Waals surface area contributed by atoms with Crippen molar-refractivity contribution in [3.8, 4) is 0 Å². The molecule has 0 saturated heterocycles. The van der Waals surface area contributed by atoms with Crippen molar-refractivity contribution in [3.63, 3.8) is 0 Å². The summed E-state index contributed by atoms with van der Waals surface area (Å²) in [5, 5.41) is 5.36. The number of rotatable bonds is 5. The molecule has 0 atom stereocenters. The first-order valence-electron chi connectivity index (χ1n) is 6.78. The third-order valence-electron chi connectivity index (χ3n) is 3.11. The minimum atomic E-state index is -0.439. The number of carbonyl (C=O) groups excluding carboxylic acids is 1. The Hall–Kier alpha value is -1.62. The standard InChI is InChI=1S/C14H18ClN3O2/c1-4-6-7-18-13-10(8-16-18)12(15)11(9(3)17-13)14(19)20-5-2/h8H,4-7H2,1-3H3. The van der Waals surface area contributed by atoms with Gasteiger partial charge in [0.15, 0.2) is 5.65 Å². The van der Waals surface area contributed by atoms with E-state index in [4.69, 9.17) is 16.3 Å². The Labute approximate surface area is 122 Å². The molecule has 2 aromatic heterocycles. The molecule has 108 valence electrons. The maximum Gasteiger partial charge on any atom is 0.341 e. The summed E-state index contributed by atoms with van der Waals surface area (Å²) in [6.07, 6.45) is 3.76. The van der Waals surface area contributed by atoms with Gasteiger partial charge in [-0.2, -0.15) is 5.10 Å². The van der Waals surface area contributed by atoms with Crippen molar-refractivity contribution < 1.29 is 9.53 Å². The average molecular weight is 296 g/mol. The smallest absolute Gasteiger partial charge is 0.341 e. The highest BCUT2D eigenvalue weighted by Gasteiger charge is 2.21. The first-order chi connectivity index (χ1) is 9.60. The number of halogens is 1. The molecule has 20 heavy (non-hydrogen) atoms. The molecule has 0 aliphatic rings. The number of ether oxygens (including phenoxy) is 1. The molecule has 0 saturated carbocycles. The van der Waals surface area contributed by atoms with E-state index in [1.807, 2.05) is 4.68 Å². The van der Waals surface area contributed by atoms with Gasteiger partial charge in [-0.15, -0.1) is 0 Å². The second kappa shape index (κ2) is 6.22. The molecule has 0 amide bonds. The maximum atomic E-state index is 11.9. The Morgan fingerprint density at radius 3 is 2.85 bits per heavy atom. The van der Waals surface area contributed by atoms with Crippen LogP contribution in [-0.4, -0.2) is 27.3 Å². The Balaban J connectivity index is 2.51. The number of aryl methyl sites for hydroxylation is 2. The lowest BCUT2D eigenvalue weighted by molar-refractivity contribution is 0.0525. The van der Waals surface area contributed by atoms with Crippen molar-refractivity contribution in [3.05, 3.63) is 22.5 Å². The van der Waals surface area contributed by atoms with Crippen LogP contribution >= 0.6 is 11.6 Å². The van der Waals surface area contributed by atoms with Crippen LogP contribution in [0.15, 0.2) is 6.20 Å². The summed E-state index contributed by atoms with van der Waals surface area (Å²) in [7, 11) is 0. The van der Waals surface area contributed by atoms with Gasteiger partial charge in [0, 0.05) is 6.54 Å². The minimum Gasteiger partial charge on any atom is -0.462 e. The molecule has 2 heterocycles. The molecular formula is C14H18ClN3O2. The predicted octanol–water partition coefficient (Wildman–Crippen LogP) is 3.37. The Morgan fingerprint density at radius 2 is 2.20 bits per heavy atom. The summed E-state index contributed by atoms with van der Waals surface area (Å²) in [6, 6.07) is 0. The first-order valence-corrected chi connectivity index (χ1v) is 7.16. The Kier molecular flexibility index (Phi) is 4.60. The molecule has 0 unspecified atom stereocenters. The van der Waals surface area contributed by atoms with Gasteiger partial charge in [-0.3, -0.25) is 0 Å². The van der Waals surface area contributed by atoms with Crippen LogP contribution in [0.1, 0.15) is 42.7 Å². The summed E-state index contributed by atoms with van der Waals surface area (Å²) < 4.78 is 6.85. The third kappa shape index (κ3) is 2.63. The van der Waals surface area contributed by atoms with Crippen LogP contribution in [0.3, 0.4) is 0 Å². The van der Waals surface area contributed by atoms with E-state index in [0.29, 0.717) is 33.9 Å². The number of unbranched alkanes of at least 4 members (excludes halogenated alkanes) is 1. The topological polar surface area (TPSA) is 57.0 Å². The second-order valence-corrected chi connectivity index (χ2v) is 4.94. The van der Waals surface area contributed by atoms with Crippen LogP contribution in [-0.2, 0) is 11.3 Å². The highest BCUT2D eigenvalue weighted by molar-refractivity contribution is 6.38. The lowest BCUT2D eigenvalue weighted by Gasteiger charge is -2.09. The number of pyridine rings is 1. The van der Waals surface area contributed by atoms with Crippen molar-refractivity contribution in [2.75, 3.05) is 6.61 Å². The van der Waals surface area contributed by atoms with Gasteiger partial charge in [0.05, 0.1) is 28.9 Å². The number of esters is 1. The molecule has 0 aliphatic heterocycles. The lowest BCUT2D eigenvalue weighted by Crippen LogP contribution is -2.10. The van der Waals surface area contributed by atoms with Crippen molar-refractivity contribution in [1.29, 1.82) is 0 Å². The quantitative estimate of drug-likeness (QED) is 0.794. The summed E-state index contributed by atoms with van der Waals surface area (Å²) in [4.78, 5) is 16.4. The fraction of sp³-hybridized carbons (Fsp3) is 0.500. The number of carbonyl (C=O) groups is 1. The zero-order chi connectivity index (χ0) is 14.7. The third-order valence-corrected chi connectivity index (χ3v) is 3.50. The van der Waals surface area contributed by atoms with Crippen LogP contribution in [0.2, 0.25) is 5.02 Å². The zero-order valence-electron chi connectivity index (χ0n) is 11.9. The molecule has 0 bridgehead atoms. The van der Waals surface area contributed by atoms with Gasteiger partial charge >= 0.3 is 5.97 Å². The van der Waals surface area contributed by atoms with E-state index in [2.05, 4.69) is 17.0 Å². The maximum absolute atomic E-state index is 11.9. The fourth-order valence-electron chi connectivity index (χ4n) is 2.07. The molecule has 5 nitrogen and oxygen atoms in total. The SMILES string of the molecule is CCCCn1ncc2c(Cl)c(C(=O)OCC)c(C)nc21. The molecule has 0 spiro atoms. The summed E-state index contributed by atoms with van der Waals surface area (Å²) in [5.41, 5.74) is 1.62. The molecule has 0 radical (unpaired) electrons. The van der Waals surface area contributed by atoms with Gasteiger partial charge in [0.1, 0.15) is 5.56 Å². The number of fused-ring (bicyclic) bond motifs is 1. The summed E-state index contributed by atoms with van der Waals surface area (Å²) in [5.74, 6) is -0.439. The van der Waals surface area contributed by atoms with E-state index in [0.717, 1.165) is 19.4 Å². The molecule has 0 aromatic carbocycles. The van der Waals surface area contributed by atoms with Gasteiger partial charge in [-0.05, 0) is 20.3 Å². The van der Waals surface area contributed by atoms with Gasteiger partial charge in [0.2, 0.25) is 0 Å². The molecule has 0 aliphatic carbocycles. The summed E-state index contributed by atoms with van der Waals surface area (Å²) in [6.45, 7) is 6.74. The molecule has 2 aromatic rings. The lowest BCUT2D eigenvalue weighted by atomic mass is 10.1. The molecule has 0 fully saturated rings. The largest absolute Gasteiger partial charge is 0.462 e. The van der Waals surface area contributed by atoms with Crippen LogP contribution in [0.5, 0.6) is 0 Å². The van der Waals surface area contributed by atoms with Crippen LogP contribution in [0.4, 0.5) is 0 Å². The highest BCUT2D eigenvalue weighted by atomic mass is 35.5. The average Bonchev–Trinajstić information content (AvgIpc) is 2.80. The van der Waals surface area contributed by atoms with Crippen LogP contribution in [0, 0.1) is 6.92 Å². The number of hydrogen-bond donors (Lipinski definition) is 0. The number of nitrogens with zero attached hydrogens (tertiary/aromatic N) is 3. The van der Waals surface area contributed by atoms with E-state index in [-0.39, 0.29) is 0 Å². The van der Waals surface area contributed by atoms with Gasteiger partial charge in [-0.1, -0.05) is 24.9 Å². The van der Waals surface area contributed by atoms with E-state index in [9.17, 15) is 4.79 Å². The molecular weight excluding hydrogens is 278 g/mol. The zero-order valence-corrected chi connectivity index (χ0v) is 12.7. The molecule has 6 heteroatoms. The van der Waals surface area contributed by atoms with Gasteiger partial charge < -0.3 is 4.74 Å². The van der Waals surface area contributed by atoms with Gasteiger partial charge in [-0.25, -0.2) is 14.5 Å².